The van der Waals surface area contributed by atoms with Crippen LogP contribution in [0.5, 0.6) is 11.5 Å². The van der Waals surface area contributed by atoms with Crippen LogP contribution in [-0.2, 0) is 20.9 Å². The van der Waals surface area contributed by atoms with Crippen LogP contribution in [0.15, 0.2) is 70.0 Å². The lowest BCUT2D eigenvalue weighted by atomic mass is 10.1. The van der Waals surface area contributed by atoms with E-state index >= 15 is 0 Å². The summed E-state index contributed by atoms with van der Waals surface area (Å²) < 4.78 is 17.8. The van der Waals surface area contributed by atoms with Gasteiger partial charge in [-0.1, -0.05) is 29.8 Å². The molecule has 9 nitrogen and oxygen atoms in total. The van der Waals surface area contributed by atoms with E-state index in [1.54, 1.807) is 36.4 Å². The first-order chi connectivity index (χ1) is 20.8. The number of morpholine rings is 1. The van der Waals surface area contributed by atoms with Crippen molar-refractivity contribution in [3.63, 3.8) is 0 Å². The third-order valence-electron chi connectivity index (χ3n) is 6.66. The van der Waals surface area contributed by atoms with Gasteiger partial charge in [0.1, 0.15) is 13.2 Å². The first-order valence-electron chi connectivity index (χ1n) is 13.6. The van der Waals surface area contributed by atoms with Gasteiger partial charge in [-0.05, 0) is 88.7 Å². The normalized spacial score (nSPS) is 16.1. The summed E-state index contributed by atoms with van der Waals surface area (Å²) in [4.78, 5) is 41.9. The second-order valence-electron chi connectivity index (χ2n) is 9.61. The van der Waals surface area contributed by atoms with Crippen LogP contribution in [0.25, 0.3) is 6.08 Å². The van der Waals surface area contributed by atoms with Crippen molar-refractivity contribution in [2.24, 2.45) is 0 Å². The van der Waals surface area contributed by atoms with Gasteiger partial charge in [0.2, 0.25) is 5.91 Å². The molecule has 0 spiro atoms. The summed E-state index contributed by atoms with van der Waals surface area (Å²) in [5, 5.41) is 2.85. The Balaban J connectivity index is 1.24. The average molecular weight is 687 g/mol. The van der Waals surface area contributed by atoms with Crippen molar-refractivity contribution in [1.29, 1.82) is 0 Å². The molecule has 2 aliphatic heterocycles. The van der Waals surface area contributed by atoms with Crippen LogP contribution in [0.3, 0.4) is 0 Å². The Labute approximate surface area is 267 Å². The number of hydrogen-bond donors (Lipinski definition) is 1. The molecule has 0 saturated carbocycles. The molecule has 2 fully saturated rings. The van der Waals surface area contributed by atoms with Crippen molar-refractivity contribution in [2.75, 3.05) is 49.7 Å². The SMILES string of the molecule is CCOc1cc(/C=C2/SC(=O)N(CC(=O)Nc3ccc(N4CCOCC4)cc3)C2=O)cc(Br)c1OCc1ccccc1Cl. The summed E-state index contributed by atoms with van der Waals surface area (Å²) in [5.74, 6) is -0.0555. The van der Waals surface area contributed by atoms with Gasteiger partial charge >= 0.3 is 0 Å². The standard InChI is InChI=1S/C31H29BrClN3O6S/c1-2-41-26-16-20(15-24(32)29(26)42-19-21-5-3-4-6-25(21)33)17-27-30(38)36(31(39)43-27)18-28(37)34-22-7-9-23(10-8-22)35-11-13-40-14-12-35/h3-10,15-17H,2,11-14,18-19H2,1H3,(H,34,37)/b27-17+. The van der Waals surface area contributed by atoms with Crippen LogP contribution in [-0.4, -0.2) is 61.4 Å². The Kier molecular flexibility index (Phi) is 10.3. The molecule has 0 aromatic heterocycles. The number of benzene rings is 3. The van der Waals surface area contributed by atoms with Crippen LogP contribution < -0.4 is 19.7 Å². The lowest BCUT2D eigenvalue weighted by Gasteiger charge is -2.28. The molecule has 12 heteroatoms. The minimum absolute atomic E-state index is 0.201. The van der Waals surface area contributed by atoms with Crippen molar-refractivity contribution in [3.8, 4) is 11.5 Å². The van der Waals surface area contributed by atoms with E-state index in [4.69, 9.17) is 25.8 Å². The highest BCUT2D eigenvalue weighted by atomic mass is 79.9. The van der Waals surface area contributed by atoms with Crippen LogP contribution >= 0.6 is 39.3 Å². The highest BCUT2D eigenvalue weighted by molar-refractivity contribution is 9.10. The fourth-order valence-corrected chi connectivity index (χ4v) is 6.15. The maximum atomic E-state index is 13.1. The number of ether oxygens (including phenoxy) is 3. The Morgan fingerprint density at radius 3 is 2.56 bits per heavy atom. The lowest BCUT2D eigenvalue weighted by Crippen LogP contribution is -2.36. The van der Waals surface area contributed by atoms with Gasteiger partial charge in [-0.3, -0.25) is 19.3 Å². The van der Waals surface area contributed by atoms with Gasteiger partial charge in [0, 0.05) is 35.1 Å². The van der Waals surface area contributed by atoms with E-state index < -0.39 is 23.6 Å². The number of nitrogens with zero attached hydrogens (tertiary/aromatic N) is 2. The van der Waals surface area contributed by atoms with Gasteiger partial charge in [0.05, 0.1) is 29.2 Å². The minimum atomic E-state index is -0.541. The Hall–Kier alpha value is -3.51. The number of carbonyl (C=O) groups excluding carboxylic acids is 3. The number of thioether (sulfide) groups is 1. The molecule has 43 heavy (non-hydrogen) atoms. The number of rotatable bonds is 10. The second kappa shape index (κ2) is 14.3. The van der Waals surface area contributed by atoms with Crippen LogP contribution in [0.4, 0.5) is 16.2 Å². The van der Waals surface area contributed by atoms with Gasteiger partial charge < -0.3 is 24.4 Å². The molecular weight excluding hydrogens is 658 g/mol. The van der Waals surface area contributed by atoms with Gasteiger partial charge in [0.15, 0.2) is 11.5 Å². The molecule has 2 saturated heterocycles. The van der Waals surface area contributed by atoms with E-state index in [0.29, 0.717) is 52.1 Å². The third kappa shape index (κ3) is 7.72. The van der Waals surface area contributed by atoms with Crippen molar-refractivity contribution < 1.29 is 28.6 Å². The molecule has 3 aromatic carbocycles. The van der Waals surface area contributed by atoms with Crippen LogP contribution in [0, 0.1) is 0 Å². The zero-order valence-corrected chi connectivity index (χ0v) is 26.5. The fraction of sp³-hybridized carbons (Fsp3) is 0.258. The molecule has 0 radical (unpaired) electrons. The van der Waals surface area contributed by atoms with Crippen molar-refractivity contribution in [2.45, 2.75) is 13.5 Å². The molecule has 0 bridgehead atoms. The maximum Gasteiger partial charge on any atom is 0.294 e. The Morgan fingerprint density at radius 1 is 1.09 bits per heavy atom. The number of amides is 3. The molecule has 2 aliphatic rings. The van der Waals surface area contributed by atoms with Gasteiger partial charge in [-0.15, -0.1) is 0 Å². The predicted octanol–water partition coefficient (Wildman–Crippen LogP) is 6.59. The van der Waals surface area contributed by atoms with Crippen LogP contribution in [0.1, 0.15) is 18.1 Å². The predicted molar refractivity (Wildman–Crippen MR) is 172 cm³/mol. The zero-order valence-electron chi connectivity index (χ0n) is 23.3. The highest BCUT2D eigenvalue weighted by Gasteiger charge is 2.36. The monoisotopic (exact) mass is 685 g/mol. The summed E-state index contributed by atoms with van der Waals surface area (Å²) in [6.07, 6.45) is 1.60. The number of imide groups is 1. The summed E-state index contributed by atoms with van der Waals surface area (Å²) in [6.45, 7) is 5.06. The molecule has 3 aromatic rings. The maximum absolute atomic E-state index is 13.1. The molecule has 0 unspecified atom stereocenters. The third-order valence-corrected chi connectivity index (χ3v) is 8.53. The number of anilines is 2. The smallest absolute Gasteiger partial charge is 0.294 e. The molecular formula is C31H29BrClN3O6S. The molecule has 224 valence electrons. The van der Waals surface area contributed by atoms with Gasteiger partial charge in [-0.2, -0.15) is 0 Å². The highest BCUT2D eigenvalue weighted by Crippen LogP contribution is 2.40. The number of carbonyl (C=O) groups is 3. The Bertz CT molecular complexity index is 1540. The first kappa shape index (κ1) is 30.9. The number of hydrogen-bond acceptors (Lipinski definition) is 8. The molecule has 0 atom stereocenters. The molecule has 1 N–H and O–H groups in total. The quantitative estimate of drug-likeness (QED) is 0.239. The van der Waals surface area contributed by atoms with Crippen molar-refractivity contribution in [3.05, 3.63) is 86.2 Å². The number of halogens is 2. The topological polar surface area (TPSA) is 97.4 Å². The van der Waals surface area contributed by atoms with Crippen molar-refractivity contribution in [1.82, 2.24) is 4.90 Å². The zero-order chi connectivity index (χ0) is 30.3. The summed E-state index contributed by atoms with van der Waals surface area (Å²) in [5.41, 5.74) is 3.06. The number of nitrogens with one attached hydrogen (secondary N) is 1. The van der Waals surface area contributed by atoms with E-state index in [-0.39, 0.29) is 11.5 Å². The van der Waals surface area contributed by atoms with Gasteiger partial charge in [-0.25, -0.2) is 0 Å². The van der Waals surface area contributed by atoms with E-state index in [0.717, 1.165) is 41.0 Å². The van der Waals surface area contributed by atoms with E-state index in [1.165, 1.54) is 0 Å². The van der Waals surface area contributed by atoms with Crippen LogP contribution in [0.2, 0.25) is 5.02 Å². The summed E-state index contributed by atoms with van der Waals surface area (Å²) in [7, 11) is 0. The molecule has 2 heterocycles. The fourth-order valence-electron chi connectivity index (χ4n) is 4.55. The average Bonchev–Trinajstić information content (AvgIpc) is 3.25. The lowest BCUT2D eigenvalue weighted by molar-refractivity contribution is -0.127. The van der Waals surface area contributed by atoms with E-state index in [1.807, 2.05) is 37.3 Å². The van der Waals surface area contributed by atoms with E-state index in [9.17, 15) is 14.4 Å². The molecule has 0 aliphatic carbocycles. The summed E-state index contributed by atoms with van der Waals surface area (Å²) >= 11 is 10.6. The molecule has 5 rings (SSSR count). The summed E-state index contributed by atoms with van der Waals surface area (Å²) in [6, 6.07) is 18.3. The second-order valence-corrected chi connectivity index (χ2v) is 11.9. The largest absolute Gasteiger partial charge is 0.490 e. The van der Waals surface area contributed by atoms with E-state index in [2.05, 4.69) is 26.1 Å². The first-order valence-corrected chi connectivity index (χ1v) is 15.6. The molecule has 3 amide bonds. The van der Waals surface area contributed by atoms with Gasteiger partial charge in [0.25, 0.3) is 11.1 Å². The Morgan fingerprint density at radius 2 is 1.84 bits per heavy atom. The van der Waals surface area contributed by atoms with Crippen molar-refractivity contribution >= 4 is 73.8 Å². The minimum Gasteiger partial charge on any atom is -0.490 e.